The summed E-state index contributed by atoms with van der Waals surface area (Å²) in [4.78, 5) is 0. The summed E-state index contributed by atoms with van der Waals surface area (Å²) in [6, 6.07) is 0. The van der Waals surface area contributed by atoms with Gasteiger partial charge in [0.2, 0.25) is 0 Å². The highest BCUT2D eigenvalue weighted by molar-refractivity contribution is 7.89. The summed E-state index contributed by atoms with van der Waals surface area (Å²) >= 11 is 5.84. The molecule has 6 nitrogen and oxygen atoms in total. The summed E-state index contributed by atoms with van der Waals surface area (Å²) < 4.78 is 32.3. The molecule has 0 spiro atoms. The second-order valence-corrected chi connectivity index (χ2v) is 6.98. The van der Waals surface area contributed by atoms with Crippen LogP contribution in [-0.2, 0) is 20.6 Å². The highest BCUT2D eigenvalue weighted by Gasteiger charge is 2.32. The first-order valence-electron chi connectivity index (χ1n) is 6.72. The van der Waals surface area contributed by atoms with E-state index in [1.54, 1.807) is 6.92 Å². The van der Waals surface area contributed by atoms with Crippen molar-refractivity contribution in [3.63, 3.8) is 0 Å². The van der Waals surface area contributed by atoms with E-state index in [9.17, 15) is 8.42 Å². The minimum absolute atomic E-state index is 0.0239. The monoisotopic (exact) mass is 321 g/mol. The first-order valence-corrected chi connectivity index (χ1v) is 8.69. The van der Waals surface area contributed by atoms with Crippen molar-refractivity contribution in [1.29, 1.82) is 0 Å². The second kappa shape index (κ2) is 6.43. The standard InChI is InChI=1S/C12H20ClN3O3S/c1-3-16(8-10-5-4-6-19-10)20(17,18)12-11(7-13)9(2)14-15-12/h10H,3-8H2,1-2H3,(H,14,15). The number of H-pyrrole nitrogens is 1. The van der Waals surface area contributed by atoms with Crippen LogP contribution in [0.5, 0.6) is 0 Å². The fourth-order valence-electron chi connectivity index (χ4n) is 2.34. The third kappa shape index (κ3) is 3.00. The molecule has 1 atom stereocenters. The van der Waals surface area contributed by atoms with Crippen LogP contribution in [0, 0.1) is 6.92 Å². The summed E-state index contributed by atoms with van der Waals surface area (Å²) in [5.74, 6) is 0.119. The number of hydrogen-bond acceptors (Lipinski definition) is 4. The van der Waals surface area contributed by atoms with Crippen molar-refractivity contribution in [2.45, 2.75) is 43.7 Å². The van der Waals surface area contributed by atoms with Crippen LogP contribution in [0.3, 0.4) is 0 Å². The molecule has 1 aromatic rings. The quantitative estimate of drug-likeness (QED) is 0.808. The van der Waals surface area contributed by atoms with Gasteiger partial charge in [-0.3, -0.25) is 5.10 Å². The van der Waals surface area contributed by atoms with Gasteiger partial charge >= 0.3 is 0 Å². The van der Waals surface area contributed by atoms with Crippen LogP contribution >= 0.6 is 11.6 Å². The second-order valence-electron chi connectivity index (χ2n) is 4.86. The average molecular weight is 322 g/mol. The SMILES string of the molecule is CCN(CC1CCCO1)S(=O)(=O)c1n[nH]c(C)c1CCl. The van der Waals surface area contributed by atoms with Gasteiger partial charge in [-0.1, -0.05) is 6.92 Å². The summed E-state index contributed by atoms with van der Waals surface area (Å²) in [6.45, 7) is 5.03. The van der Waals surface area contributed by atoms with Crippen LogP contribution in [0.25, 0.3) is 0 Å². The Balaban J connectivity index is 2.26. The molecule has 2 rings (SSSR count). The Kier molecular flexibility index (Phi) is 5.06. The number of likely N-dealkylation sites (N-methyl/N-ethyl adjacent to an activating group) is 1. The Hall–Kier alpha value is -0.630. The van der Waals surface area contributed by atoms with Crippen LogP contribution < -0.4 is 0 Å². The lowest BCUT2D eigenvalue weighted by Gasteiger charge is -2.22. The maximum Gasteiger partial charge on any atom is 0.262 e. The number of sulfonamides is 1. The molecule has 8 heteroatoms. The van der Waals surface area contributed by atoms with Gasteiger partial charge in [0.05, 0.1) is 12.0 Å². The van der Waals surface area contributed by atoms with E-state index >= 15 is 0 Å². The number of halogens is 1. The number of hydrogen-bond donors (Lipinski definition) is 1. The lowest BCUT2D eigenvalue weighted by Crippen LogP contribution is -2.37. The van der Waals surface area contributed by atoms with Gasteiger partial charge in [-0.05, 0) is 19.8 Å². The molecule has 0 aromatic carbocycles. The predicted octanol–water partition coefficient (Wildman–Crippen LogP) is 1.65. The molecule has 1 fully saturated rings. The zero-order chi connectivity index (χ0) is 14.8. The van der Waals surface area contributed by atoms with E-state index in [4.69, 9.17) is 16.3 Å². The van der Waals surface area contributed by atoms with Crippen molar-refractivity contribution in [3.8, 4) is 0 Å². The minimum atomic E-state index is -3.63. The molecule has 1 N–H and O–H groups in total. The van der Waals surface area contributed by atoms with Gasteiger partial charge in [-0.15, -0.1) is 11.6 Å². The van der Waals surface area contributed by atoms with Crippen molar-refractivity contribution < 1.29 is 13.2 Å². The molecule has 1 aromatic heterocycles. The molecule has 20 heavy (non-hydrogen) atoms. The Morgan fingerprint density at radius 3 is 2.85 bits per heavy atom. The number of aromatic nitrogens is 2. The molecule has 0 amide bonds. The van der Waals surface area contributed by atoms with Gasteiger partial charge in [-0.25, -0.2) is 8.42 Å². The smallest absolute Gasteiger partial charge is 0.262 e. The van der Waals surface area contributed by atoms with E-state index in [0.29, 0.717) is 31.0 Å². The number of rotatable bonds is 6. The third-order valence-electron chi connectivity index (χ3n) is 3.54. The van der Waals surface area contributed by atoms with E-state index in [1.165, 1.54) is 4.31 Å². The van der Waals surface area contributed by atoms with Crippen molar-refractivity contribution in [3.05, 3.63) is 11.3 Å². The largest absolute Gasteiger partial charge is 0.377 e. The molecular weight excluding hydrogens is 302 g/mol. The molecule has 1 aliphatic rings. The third-order valence-corrected chi connectivity index (χ3v) is 5.72. The fraction of sp³-hybridized carbons (Fsp3) is 0.750. The summed E-state index contributed by atoms with van der Waals surface area (Å²) in [5, 5.41) is 6.65. The summed E-state index contributed by atoms with van der Waals surface area (Å²) in [5.41, 5.74) is 1.23. The van der Waals surface area contributed by atoms with E-state index in [1.807, 2.05) is 6.92 Å². The van der Waals surface area contributed by atoms with Gasteiger partial charge in [0.1, 0.15) is 0 Å². The molecule has 114 valence electrons. The normalized spacial score (nSPS) is 19.9. The van der Waals surface area contributed by atoms with E-state index in [2.05, 4.69) is 10.2 Å². The van der Waals surface area contributed by atoms with Gasteiger partial charge in [0.15, 0.2) is 5.03 Å². The minimum Gasteiger partial charge on any atom is -0.377 e. The topological polar surface area (TPSA) is 75.3 Å². The van der Waals surface area contributed by atoms with Crippen molar-refractivity contribution in [2.24, 2.45) is 0 Å². The number of ether oxygens (including phenoxy) is 1. The number of nitrogens with one attached hydrogen (secondary N) is 1. The average Bonchev–Trinajstić information content (AvgIpc) is 3.04. The first kappa shape index (κ1) is 15.8. The van der Waals surface area contributed by atoms with E-state index < -0.39 is 10.0 Å². The summed E-state index contributed by atoms with van der Waals surface area (Å²) in [6.07, 6.45) is 1.86. The molecular formula is C12H20ClN3O3S. The van der Waals surface area contributed by atoms with Crippen molar-refractivity contribution in [2.75, 3.05) is 19.7 Å². The maximum absolute atomic E-state index is 12.7. The molecule has 1 aliphatic heterocycles. The summed E-state index contributed by atoms with van der Waals surface area (Å²) in [7, 11) is -3.63. The Morgan fingerprint density at radius 1 is 1.55 bits per heavy atom. The van der Waals surface area contributed by atoms with Crippen LogP contribution in [0.1, 0.15) is 31.0 Å². The fourth-order valence-corrected chi connectivity index (χ4v) is 4.39. The molecule has 0 saturated carbocycles. The van der Waals surface area contributed by atoms with E-state index in [-0.39, 0.29) is 17.0 Å². The lowest BCUT2D eigenvalue weighted by molar-refractivity contribution is 0.0946. The van der Waals surface area contributed by atoms with Crippen LogP contribution in [0.15, 0.2) is 5.03 Å². The first-order chi connectivity index (χ1) is 9.50. The zero-order valence-electron chi connectivity index (χ0n) is 11.7. The van der Waals surface area contributed by atoms with Crippen LogP contribution in [0.2, 0.25) is 0 Å². The van der Waals surface area contributed by atoms with Crippen molar-refractivity contribution in [1.82, 2.24) is 14.5 Å². The molecule has 1 unspecified atom stereocenters. The van der Waals surface area contributed by atoms with Gasteiger partial charge in [0, 0.05) is 31.0 Å². The van der Waals surface area contributed by atoms with E-state index in [0.717, 1.165) is 12.8 Å². The predicted molar refractivity (Wildman–Crippen MR) is 76.3 cm³/mol. The van der Waals surface area contributed by atoms with Gasteiger partial charge in [-0.2, -0.15) is 9.40 Å². The number of aromatic amines is 1. The number of alkyl halides is 1. The van der Waals surface area contributed by atoms with Gasteiger partial charge in [0.25, 0.3) is 10.0 Å². The van der Waals surface area contributed by atoms with Crippen LogP contribution in [0.4, 0.5) is 0 Å². The number of nitrogens with zero attached hydrogens (tertiary/aromatic N) is 2. The maximum atomic E-state index is 12.7. The lowest BCUT2D eigenvalue weighted by atomic mass is 10.2. The van der Waals surface area contributed by atoms with Crippen LogP contribution in [-0.4, -0.2) is 48.7 Å². The van der Waals surface area contributed by atoms with Crippen molar-refractivity contribution >= 4 is 21.6 Å². The highest BCUT2D eigenvalue weighted by Crippen LogP contribution is 2.23. The Bertz CT molecular complexity index is 552. The Labute approximate surface area is 124 Å². The molecule has 0 radical (unpaired) electrons. The zero-order valence-corrected chi connectivity index (χ0v) is 13.3. The molecule has 0 bridgehead atoms. The highest BCUT2D eigenvalue weighted by atomic mass is 35.5. The number of aryl methyl sites for hydroxylation is 1. The molecule has 0 aliphatic carbocycles. The molecule has 2 heterocycles. The van der Waals surface area contributed by atoms with Gasteiger partial charge < -0.3 is 4.74 Å². The Morgan fingerprint density at radius 2 is 2.30 bits per heavy atom. The molecule has 1 saturated heterocycles.